The monoisotopic (exact) mass is 525 g/mol. The van der Waals surface area contributed by atoms with Crippen molar-refractivity contribution in [3.05, 3.63) is 145 Å². The predicted molar refractivity (Wildman–Crippen MR) is 173 cm³/mol. The number of ether oxygens (including phenoxy) is 1. The second-order valence-electron chi connectivity index (χ2n) is 10.5. The van der Waals surface area contributed by atoms with Crippen LogP contribution in [0.3, 0.4) is 0 Å². The summed E-state index contributed by atoms with van der Waals surface area (Å²) in [5.41, 5.74) is 4.74. The van der Waals surface area contributed by atoms with Gasteiger partial charge in [0.25, 0.3) is 0 Å². The molecule has 0 unspecified atom stereocenters. The lowest BCUT2D eigenvalue weighted by molar-refractivity contribution is 0.487. The molecule has 0 saturated heterocycles. The summed E-state index contributed by atoms with van der Waals surface area (Å²) in [5.74, 6) is 1.41. The number of benzene rings is 8. The molecule has 0 amide bonds. The molecule has 9 rings (SSSR count). The van der Waals surface area contributed by atoms with E-state index in [-0.39, 0.29) is 29.7 Å². The van der Waals surface area contributed by atoms with Gasteiger partial charge in [0.1, 0.15) is 11.5 Å². The standard InChI is InChI=1S/C40H24O/c1-2-9-25(10-3-1)27-18-20-37-36(22-27)33-16-8-13-29-21-30(24-38(41-37)40(29)33)39-32-15-7-5-12-28(32)23-35-31-14-6-4-11-26(31)17-19-34(35)39/h1-24H/i1D,2D,3D,9D,10D. The van der Waals surface area contributed by atoms with Crippen molar-refractivity contribution in [2.75, 3.05) is 0 Å². The molecule has 190 valence electrons. The predicted octanol–water partition coefficient (Wildman–Crippen LogP) is 11.4. The van der Waals surface area contributed by atoms with Crippen molar-refractivity contribution in [2.45, 2.75) is 0 Å². The van der Waals surface area contributed by atoms with Crippen LogP contribution in [0.15, 0.2) is 145 Å². The maximum Gasteiger partial charge on any atom is 0.136 e. The molecule has 1 nitrogen and oxygen atoms in total. The Morgan fingerprint density at radius 3 is 2.15 bits per heavy atom. The van der Waals surface area contributed by atoms with Crippen molar-refractivity contribution >= 4 is 43.1 Å². The van der Waals surface area contributed by atoms with Crippen LogP contribution in [-0.4, -0.2) is 0 Å². The second-order valence-corrected chi connectivity index (χ2v) is 10.5. The molecule has 1 aliphatic rings. The summed E-state index contributed by atoms with van der Waals surface area (Å²) in [7, 11) is 0. The highest BCUT2D eigenvalue weighted by atomic mass is 16.5. The molecule has 0 N–H and O–H groups in total. The lowest BCUT2D eigenvalue weighted by atomic mass is 9.87. The molecular weight excluding hydrogens is 496 g/mol. The molecule has 8 aromatic rings. The summed E-state index contributed by atoms with van der Waals surface area (Å²) >= 11 is 0. The molecule has 0 fully saturated rings. The van der Waals surface area contributed by atoms with Crippen LogP contribution in [0.1, 0.15) is 6.85 Å². The average Bonchev–Trinajstić information content (AvgIpc) is 3.09. The van der Waals surface area contributed by atoms with Gasteiger partial charge in [-0.15, -0.1) is 0 Å². The van der Waals surface area contributed by atoms with Crippen LogP contribution < -0.4 is 4.74 Å². The van der Waals surface area contributed by atoms with Gasteiger partial charge in [-0.25, -0.2) is 0 Å². The number of hydrogen-bond donors (Lipinski definition) is 0. The minimum absolute atomic E-state index is 0.178. The van der Waals surface area contributed by atoms with Gasteiger partial charge in [-0.1, -0.05) is 115 Å². The highest BCUT2D eigenvalue weighted by Gasteiger charge is 2.23. The number of fused-ring (bicyclic) bond motifs is 6. The molecular formula is C40H24O. The maximum atomic E-state index is 8.51. The first-order valence-corrected chi connectivity index (χ1v) is 13.7. The number of hydrogen-bond acceptors (Lipinski definition) is 1. The van der Waals surface area contributed by atoms with Gasteiger partial charge >= 0.3 is 0 Å². The quantitative estimate of drug-likeness (QED) is 0.161. The van der Waals surface area contributed by atoms with Crippen molar-refractivity contribution in [1.82, 2.24) is 0 Å². The van der Waals surface area contributed by atoms with Crippen LogP contribution in [-0.2, 0) is 0 Å². The Kier molecular flexibility index (Phi) is 3.76. The van der Waals surface area contributed by atoms with E-state index >= 15 is 0 Å². The summed E-state index contributed by atoms with van der Waals surface area (Å²) in [6.45, 7) is 0. The van der Waals surface area contributed by atoms with E-state index in [1.807, 2.05) is 18.2 Å². The van der Waals surface area contributed by atoms with Gasteiger partial charge < -0.3 is 4.74 Å². The van der Waals surface area contributed by atoms with Crippen LogP contribution in [0.25, 0.3) is 76.5 Å². The Balaban J connectivity index is 1.28. The summed E-state index contributed by atoms with van der Waals surface area (Å²) < 4.78 is 48.0. The third-order valence-electron chi connectivity index (χ3n) is 8.28. The van der Waals surface area contributed by atoms with Gasteiger partial charge in [-0.05, 0) is 95.9 Å². The van der Waals surface area contributed by atoms with E-state index in [0.29, 0.717) is 11.3 Å². The summed E-state index contributed by atoms with van der Waals surface area (Å²) in [5, 5.41) is 9.18. The van der Waals surface area contributed by atoms with E-state index in [9.17, 15) is 0 Å². The summed E-state index contributed by atoms with van der Waals surface area (Å²) in [4.78, 5) is 0. The van der Waals surface area contributed by atoms with E-state index in [1.165, 1.54) is 32.3 Å². The zero-order chi connectivity index (χ0) is 31.3. The molecule has 0 spiro atoms. The first kappa shape index (κ1) is 18.0. The highest BCUT2D eigenvalue weighted by Crippen LogP contribution is 2.50. The summed E-state index contributed by atoms with van der Waals surface area (Å²) in [6.07, 6.45) is 0. The maximum absolute atomic E-state index is 8.51. The molecule has 0 aromatic heterocycles. The fourth-order valence-corrected chi connectivity index (χ4v) is 6.47. The van der Waals surface area contributed by atoms with E-state index in [1.54, 1.807) is 6.07 Å². The number of rotatable bonds is 2. The molecule has 1 aliphatic heterocycles. The van der Waals surface area contributed by atoms with Crippen LogP contribution in [0.4, 0.5) is 0 Å². The van der Waals surface area contributed by atoms with E-state index in [0.717, 1.165) is 38.8 Å². The Morgan fingerprint density at radius 2 is 1.24 bits per heavy atom. The lowest BCUT2D eigenvalue weighted by Gasteiger charge is -2.23. The van der Waals surface area contributed by atoms with Gasteiger partial charge in [-0.2, -0.15) is 0 Å². The van der Waals surface area contributed by atoms with Gasteiger partial charge in [0.15, 0.2) is 0 Å². The lowest BCUT2D eigenvalue weighted by Crippen LogP contribution is -1.98. The molecule has 8 aromatic carbocycles. The largest absolute Gasteiger partial charge is 0.456 e. The van der Waals surface area contributed by atoms with Gasteiger partial charge in [0, 0.05) is 10.9 Å². The van der Waals surface area contributed by atoms with Gasteiger partial charge in [0.2, 0.25) is 0 Å². The first-order valence-electron chi connectivity index (χ1n) is 16.2. The molecule has 0 radical (unpaired) electrons. The highest BCUT2D eigenvalue weighted by molar-refractivity contribution is 6.21. The van der Waals surface area contributed by atoms with Crippen LogP contribution in [0.2, 0.25) is 0 Å². The average molecular weight is 526 g/mol. The summed E-state index contributed by atoms with van der Waals surface area (Å²) in [6, 6.07) is 38.2. The first-order chi connectivity index (χ1) is 22.4. The van der Waals surface area contributed by atoms with Crippen LogP contribution in [0.5, 0.6) is 11.5 Å². The van der Waals surface area contributed by atoms with Gasteiger partial charge in [0.05, 0.1) is 6.85 Å². The van der Waals surface area contributed by atoms with Gasteiger partial charge in [-0.3, -0.25) is 0 Å². The SMILES string of the molecule is [2H]c1c([2H])c([2H])c(-c2ccc3c(c2)-c2cccc4cc(-c5c6ccccc6cc6c5ccc5ccccc56)cc(c24)O3)c([2H])c1[2H]. The fourth-order valence-electron chi connectivity index (χ4n) is 6.47. The van der Waals surface area contributed by atoms with Crippen molar-refractivity contribution in [3.63, 3.8) is 0 Å². The fraction of sp³-hybridized carbons (Fsp3) is 0. The minimum atomic E-state index is -0.401. The molecule has 0 aliphatic carbocycles. The molecule has 41 heavy (non-hydrogen) atoms. The van der Waals surface area contributed by atoms with E-state index in [4.69, 9.17) is 11.6 Å². The minimum Gasteiger partial charge on any atom is -0.456 e. The van der Waals surface area contributed by atoms with Crippen molar-refractivity contribution in [1.29, 1.82) is 0 Å². The third kappa shape index (κ3) is 3.36. The second kappa shape index (κ2) is 8.55. The molecule has 0 atom stereocenters. The smallest absolute Gasteiger partial charge is 0.136 e. The molecule has 1 heterocycles. The van der Waals surface area contributed by atoms with Crippen LogP contribution >= 0.6 is 0 Å². The Hall–Kier alpha value is -5.40. The Bertz CT molecular complexity index is 2600. The third-order valence-corrected chi connectivity index (χ3v) is 8.28. The van der Waals surface area contributed by atoms with E-state index in [2.05, 4.69) is 91.0 Å². The van der Waals surface area contributed by atoms with Crippen molar-refractivity contribution in [3.8, 4) is 44.9 Å². The zero-order valence-electron chi connectivity index (χ0n) is 26.9. The molecule has 0 bridgehead atoms. The van der Waals surface area contributed by atoms with Crippen LogP contribution in [0, 0.1) is 0 Å². The van der Waals surface area contributed by atoms with Crippen molar-refractivity contribution < 1.29 is 11.6 Å². The Labute approximate surface area is 244 Å². The zero-order valence-corrected chi connectivity index (χ0v) is 21.9. The topological polar surface area (TPSA) is 9.23 Å². The normalized spacial score (nSPS) is 13.8. The molecule has 0 saturated carbocycles. The van der Waals surface area contributed by atoms with Crippen molar-refractivity contribution in [2.24, 2.45) is 0 Å². The Morgan fingerprint density at radius 1 is 0.439 bits per heavy atom. The molecule has 1 heteroatoms. The van der Waals surface area contributed by atoms with E-state index < -0.39 is 6.04 Å².